The van der Waals surface area contributed by atoms with E-state index in [9.17, 15) is 4.79 Å². The van der Waals surface area contributed by atoms with Crippen LogP contribution >= 0.6 is 0 Å². The van der Waals surface area contributed by atoms with E-state index >= 15 is 0 Å². The topological polar surface area (TPSA) is 43.1 Å². The summed E-state index contributed by atoms with van der Waals surface area (Å²) >= 11 is 0. The molecule has 0 saturated carbocycles. The van der Waals surface area contributed by atoms with Gasteiger partial charge in [0.2, 0.25) is 0 Å². The van der Waals surface area contributed by atoms with Crippen LogP contribution < -0.4 is 5.73 Å². The minimum Gasteiger partial charge on any atom is -0.330 e. The smallest absolute Gasteiger partial charge is 0.133 e. The quantitative estimate of drug-likeness (QED) is 0.653. The SMILES string of the molecule is CCCC(C)CC(=O)CCC(C)CN. The van der Waals surface area contributed by atoms with Gasteiger partial charge in [0.05, 0.1) is 0 Å². The van der Waals surface area contributed by atoms with Crippen LogP contribution in [0.1, 0.15) is 52.9 Å². The second-order valence-electron chi connectivity index (χ2n) is 4.52. The Kier molecular flexibility index (Phi) is 7.77. The van der Waals surface area contributed by atoms with Gasteiger partial charge in [-0.1, -0.05) is 33.6 Å². The lowest BCUT2D eigenvalue weighted by Gasteiger charge is -2.10. The molecule has 2 N–H and O–H groups in total. The lowest BCUT2D eigenvalue weighted by molar-refractivity contribution is -0.120. The number of carbonyl (C=O) groups excluding carboxylic acids is 1. The van der Waals surface area contributed by atoms with Gasteiger partial charge in [-0.3, -0.25) is 4.79 Å². The molecule has 0 aromatic heterocycles. The molecule has 0 amide bonds. The van der Waals surface area contributed by atoms with E-state index in [1.54, 1.807) is 0 Å². The van der Waals surface area contributed by atoms with Crippen LogP contribution in [0.5, 0.6) is 0 Å². The maximum absolute atomic E-state index is 11.5. The third-order valence-electron chi connectivity index (χ3n) is 2.68. The summed E-state index contributed by atoms with van der Waals surface area (Å²) < 4.78 is 0. The number of rotatable bonds is 8. The van der Waals surface area contributed by atoms with Crippen LogP contribution in [0.4, 0.5) is 0 Å². The fraction of sp³-hybridized carbons (Fsp3) is 0.917. The average Bonchev–Trinajstić information content (AvgIpc) is 2.14. The first kappa shape index (κ1) is 13.6. The van der Waals surface area contributed by atoms with Crippen LogP contribution in [0.15, 0.2) is 0 Å². The molecule has 14 heavy (non-hydrogen) atoms. The van der Waals surface area contributed by atoms with Crippen molar-refractivity contribution in [2.75, 3.05) is 6.54 Å². The molecule has 2 atom stereocenters. The first-order chi connectivity index (χ1) is 6.60. The van der Waals surface area contributed by atoms with Crippen molar-refractivity contribution in [3.63, 3.8) is 0 Å². The summed E-state index contributed by atoms with van der Waals surface area (Å²) in [7, 11) is 0. The summed E-state index contributed by atoms with van der Waals surface area (Å²) in [4.78, 5) is 11.5. The molecule has 0 bridgehead atoms. The van der Waals surface area contributed by atoms with Gasteiger partial charge in [-0.05, 0) is 24.8 Å². The van der Waals surface area contributed by atoms with Gasteiger partial charge in [0.15, 0.2) is 0 Å². The third kappa shape index (κ3) is 7.07. The van der Waals surface area contributed by atoms with E-state index in [0.29, 0.717) is 30.6 Å². The number of nitrogens with two attached hydrogens (primary N) is 1. The highest BCUT2D eigenvalue weighted by Gasteiger charge is 2.09. The van der Waals surface area contributed by atoms with E-state index in [1.807, 2.05) is 0 Å². The molecule has 0 aliphatic rings. The monoisotopic (exact) mass is 199 g/mol. The van der Waals surface area contributed by atoms with Crippen molar-refractivity contribution >= 4 is 5.78 Å². The van der Waals surface area contributed by atoms with Crippen LogP contribution in [-0.4, -0.2) is 12.3 Å². The molecule has 0 aromatic rings. The molecule has 0 radical (unpaired) electrons. The molecule has 0 spiro atoms. The van der Waals surface area contributed by atoms with Crippen molar-refractivity contribution in [1.82, 2.24) is 0 Å². The van der Waals surface area contributed by atoms with E-state index in [0.717, 1.165) is 19.3 Å². The number of hydrogen-bond donors (Lipinski definition) is 1. The van der Waals surface area contributed by atoms with E-state index in [2.05, 4.69) is 20.8 Å². The van der Waals surface area contributed by atoms with E-state index < -0.39 is 0 Å². The highest BCUT2D eigenvalue weighted by molar-refractivity contribution is 5.78. The number of Topliss-reactive ketones (excluding diaryl/α,β-unsaturated/α-hetero) is 1. The zero-order chi connectivity index (χ0) is 11.0. The second kappa shape index (κ2) is 7.98. The minimum atomic E-state index is 0.409. The summed E-state index contributed by atoms with van der Waals surface area (Å²) in [5.74, 6) is 1.45. The van der Waals surface area contributed by atoms with Crippen LogP contribution in [0.3, 0.4) is 0 Å². The maximum Gasteiger partial charge on any atom is 0.133 e. The van der Waals surface area contributed by atoms with Crippen molar-refractivity contribution in [2.24, 2.45) is 17.6 Å². The summed E-state index contributed by atoms with van der Waals surface area (Å²) in [5.41, 5.74) is 5.50. The zero-order valence-corrected chi connectivity index (χ0v) is 9.88. The molecule has 0 aromatic carbocycles. The summed E-state index contributed by atoms with van der Waals surface area (Å²) in [6.45, 7) is 7.12. The summed E-state index contributed by atoms with van der Waals surface area (Å²) in [5, 5.41) is 0. The Balaban J connectivity index is 3.54. The van der Waals surface area contributed by atoms with Crippen LogP contribution in [0.2, 0.25) is 0 Å². The predicted octanol–water partition coefficient (Wildman–Crippen LogP) is 2.76. The molecular weight excluding hydrogens is 174 g/mol. The zero-order valence-electron chi connectivity index (χ0n) is 9.88. The summed E-state index contributed by atoms with van der Waals surface area (Å²) in [6.07, 6.45) is 4.76. The first-order valence-electron chi connectivity index (χ1n) is 5.81. The Bertz CT molecular complexity index is 156. The van der Waals surface area contributed by atoms with Gasteiger partial charge in [0.25, 0.3) is 0 Å². The largest absolute Gasteiger partial charge is 0.330 e. The molecule has 84 valence electrons. The minimum absolute atomic E-state index is 0.409. The van der Waals surface area contributed by atoms with Gasteiger partial charge in [0.1, 0.15) is 5.78 Å². The molecule has 0 aliphatic carbocycles. The molecule has 0 rings (SSSR count). The third-order valence-corrected chi connectivity index (χ3v) is 2.68. The molecule has 0 fully saturated rings. The number of ketones is 1. The maximum atomic E-state index is 11.5. The standard InChI is InChI=1S/C12H25NO/c1-4-5-10(2)8-12(14)7-6-11(3)9-13/h10-11H,4-9,13H2,1-3H3. The normalized spacial score (nSPS) is 15.1. The van der Waals surface area contributed by atoms with E-state index in [1.165, 1.54) is 6.42 Å². The van der Waals surface area contributed by atoms with Crippen molar-refractivity contribution < 1.29 is 4.79 Å². The van der Waals surface area contributed by atoms with Gasteiger partial charge in [-0.15, -0.1) is 0 Å². The number of hydrogen-bond acceptors (Lipinski definition) is 2. The molecule has 2 nitrogen and oxygen atoms in total. The number of carbonyl (C=O) groups is 1. The van der Waals surface area contributed by atoms with E-state index in [4.69, 9.17) is 5.73 Å². The van der Waals surface area contributed by atoms with Gasteiger partial charge >= 0.3 is 0 Å². The fourth-order valence-electron chi connectivity index (χ4n) is 1.61. The Hall–Kier alpha value is -0.370. The predicted molar refractivity (Wildman–Crippen MR) is 61.1 cm³/mol. The fourth-order valence-corrected chi connectivity index (χ4v) is 1.61. The van der Waals surface area contributed by atoms with Crippen LogP contribution in [-0.2, 0) is 4.79 Å². The molecular formula is C12H25NO. The Morgan fingerprint density at radius 2 is 1.86 bits per heavy atom. The Morgan fingerprint density at radius 3 is 2.36 bits per heavy atom. The van der Waals surface area contributed by atoms with Crippen molar-refractivity contribution in [1.29, 1.82) is 0 Å². The molecule has 2 unspecified atom stereocenters. The lowest BCUT2D eigenvalue weighted by Crippen LogP contribution is -2.13. The summed E-state index contributed by atoms with van der Waals surface area (Å²) in [6, 6.07) is 0. The van der Waals surface area contributed by atoms with E-state index in [-0.39, 0.29) is 0 Å². The van der Waals surface area contributed by atoms with Crippen LogP contribution in [0.25, 0.3) is 0 Å². The van der Waals surface area contributed by atoms with Gasteiger partial charge in [0, 0.05) is 12.8 Å². The first-order valence-corrected chi connectivity index (χ1v) is 5.81. The van der Waals surface area contributed by atoms with Crippen molar-refractivity contribution in [2.45, 2.75) is 52.9 Å². The van der Waals surface area contributed by atoms with Gasteiger partial charge < -0.3 is 5.73 Å². The molecule has 0 saturated heterocycles. The lowest BCUT2D eigenvalue weighted by atomic mass is 9.95. The highest BCUT2D eigenvalue weighted by Crippen LogP contribution is 2.13. The van der Waals surface area contributed by atoms with Crippen LogP contribution in [0, 0.1) is 11.8 Å². The molecule has 0 aliphatic heterocycles. The van der Waals surface area contributed by atoms with Gasteiger partial charge in [-0.25, -0.2) is 0 Å². The van der Waals surface area contributed by atoms with Crippen molar-refractivity contribution in [3.8, 4) is 0 Å². The average molecular weight is 199 g/mol. The van der Waals surface area contributed by atoms with Gasteiger partial charge in [-0.2, -0.15) is 0 Å². The molecule has 0 heterocycles. The highest BCUT2D eigenvalue weighted by atomic mass is 16.1. The Morgan fingerprint density at radius 1 is 1.21 bits per heavy atom. The molecule has 2 heteroatoms. The second-order valence-corrected chi connectivity index (χ2v) is 4.52. The van der Waals surface area contributed by atoms with Crippen molar-refractivity contribution in [3.05, 3.63) is 0 Å². The Labute approximate surface area is 88.3 Å².